The number of nitrogens with zero attached hydrogens (tertiary/aromatic N) is 2. The molecular formula is C16H28FN3O. The van der Waals surface area contributed by atoms with Gasteiger partial charge in [0.1, 0.15) is 5.82 Å². The lowest BCUT2D eigenvalue weighted by molar-refractivity contribution is 0.107. The first kappa shape index (κ1) is 18.0. The third-order valence-electron chi connectivity index (χ3n) is 4.02. The van der Waals surface area contributed by atoms with E-state index in [1.165, 1.54) is 12.3 Å². The standard InChI is InChI=1S/C16H28FN3O/c1-5-13(3)20(8-9-21-4)11-12(2)16(18)15-7-6-14(17)10-19-15/h6-7,10,12-13,16H,5,8-9,11,18H2,1-4H3. The minimum Gasteiger partial charge on any atom is -0.383 e. The van der Waals surface area contributed by atoms with Crippen LogP contribution in [0.3, 0.4) is 0 Å². The molecule has 0 saturated carbocycles. The number of halogens is 1. The highest BCUT2D eigenvalue weighted by Crippen LogP contribution is 2.20. The fraction of sp³-hybridized carbons (Fsp3) is 0.688. The van der Waals surface area contributed by atoms with E-state index in [9.17, 15) is 4.39 Å². The Labute approximate surface area is 127 Å². The molecule has 1 aromatic rings. The predicted molar refractivity (Wildman–Crippen MR) is 83.5 cm³/mol. The summed E-state index contributed by atoms with van der Waals surface area (Å²) >= 11 is 0. The number of hydrogen-bond acceptors (Lipinski definition) is 4. The van der Waals surface area contributed by atoms with Crippen LogP contribution in [-0.4, -0.2) is 42.7 Å². The molecule has 0 aliphatic carbocycles. The molecule has 2 N–H and O–H groups in total. The zero-order valence-corrected chi connectivity index (χ0v) is 13.6. The molecule has 0 spiro atoms. The van der Waals surface area contributed by atoms with Crippen molar-refractivity contribution in [2.75, 3.05) is 26.8 Å². The average Bonchev–Trinajstić information content (AvgIpc) is 2.50. The van der Waals surface area contributed by atoms with Crippen molar-refractivity contribution in [1.82, 2.24) is 9.88 Å². The third kappa shape index (κ3) is 5.69. The molecule has 0 amide bonds. The van der Waals surface area contributed by atoms with E-state index in [2.05, 4.69) is 30.7 Å². The van der Waals surface area contributed by atoms with E-state index in [-0.39, 0.29) is 17.8 Å². The Morgan fingerprint density at radius 3 is 2.62 bits per heavy atom. The second-order valence-corrected chi connectivity index (χ2v) is 5.65. The number of methoxy groups -OCH3 is 1. The van der Waals surface area contributed by atoms with Crippen molar-refractivity contribution in [2.24, 2.45) is 11.7 Å². The summed E-state index contributed by atoms with van der Waals surface area (Å²) < 4.78 is 18.1. The maximum atomic E-state index is 12.9. The minimum atomic E-state index is -0.333. The van der Waals surface area contributed by atoms with Crippen molar-refractivity contribution in [1.29, 1.82) is 0 Å². The van der Waals surface area contributed by atoms with Crippen LogP contribution in [0, 0.1) is 11.7 Å². The van der Waals surface area contributed by atoms with Gasteiger partial charge in [0, 0.05) is 26.2 Å². The Balaban J connectivity index is 2.66. The van der Waals surface area contributed by atoms with Crippen LogP contribution in [0.5, 0.6) is 0 Å². The van der Waals surface area contributed by atoms with E-state index in [1.807, 2.05) is 0 Å². The quantitative estimate of drug-likeness (QED) is 0.761. The van der Waals surface area contributed by atoms with Crippen LogP contribution in [-0.2, 0) is 4.74 Å². The monoisotopic (exact) mass is 297 g/mol. The normalized spacial score (nSPS) is 16.0. The summed E-state index contributed by atoms with van der Waals surface area (Å²) in [5.74, 6) is -0.103. The zero-order valence-electron chi connectivity index (χ0n) is 13.6. The van der Waals surface area contributed by atoms with E-state index in [1.54, 1.807) is 13.2 Å². The van der Waals surface area contributed by atoms with E-state index >= 15 is 0 Å². The summed E-state index contributed by atoms with van der Waals surface area (Å²) in [6, 6.07) is 3.36. The van der Waals surface area contributed by atoms with Gasteiger partial charge in [0.25, 0.3) is 0 Å². The van der Waals surface area contributed by atoms with Crippen molar-refractivity contribution in [3.05, 3.63) is 29.8 Å². The van der Waals surface area contributed by atoms with Gasteiger partial charge in [-0.25, -0.2) is 4.39 Å². The van der Waals surface area contributed by atoms with E-state index in [0.717, 1.165) is 25.2 Å². The number of nitrogens with two attached hydrogens (primary N) is 1. The first-order valence-corrected chi connectivity index (χ1v) is 7.59. The van der Waals surface area contributed by atoms with Gasteiger partial charge in [-0.05, 0) is 31.4 Å². The van der Waals surface area contributed by atoms with Crippen LogP contribution in [0.4, 0.5) is 4.39 Å². The number of pyridine rings is 1. The Hall–Kier alpha value is -1.04. The minimum absolute atomic E-state index is 0.195. The van der Waals surface area contributed by atoms with Crippen LogP contribution < -0.4 is 5.73 Å². The second kappa shape index (κ2) is 9.07. The molecule has 3 unspecified atom stereocenters. The van der Waals surface area contributed by atoms with Crippen LogP contribution >= 0.6 is 0 Å². The fourth-order valence-corrected chi connectivity index (χ4v) is 2.32. The van der Waals surface area contributed by atoms with Crippen molar-refractivity contribution >= 4 is 0 Å². The van der Waals surface area contributed by atoms with Gasteiger partial charge >= 0.3 is 0 Å². The molecular weight excluding hydrogens is 269 g/mol. The lowest BCUT2D eigenvalue weighted by atomic mass is 9.97. The molecule has 4 nitrogen and oxygen atoms in total. The van der Waals surface area contributed by atoms with Gasteiger partial charge in [-0.3, -0.25) is 9.88 Å². The molecule has 3 atom stereocenters. The molecule has 21 heavy (non-hydrogen) atoms. The largest absolute Gasteiger partial charge is 0.383 e. The number of rotatable bonds is 9. The molecule has 0 aliphatic rings. The Morgan fingerprint density at radius 2 is 2.10 bits per heavy atom. The van der Waals surface area contributed by atoms with Crippen LogP contribution in [0.2, 0.25) is 0 Å². The average molecular weight is 297 g/mol. The molecule has 0 radical (unpaired) electrons. The molecule has 0 fully saturated rings. The van der Waals surface area contributed by atoms with Crippen LogP contribution in [0.25, 0.3) is 0 Å². The Morgan fingerprint density at radius 1 is 1.38 bits per heavy atom. The summed E-state index contributed by atoms with van der Waals surface area (Å²) in [4.78, 5) is 6.48. The molecule has 1 heterocycles. The maximum Gasteiger partial charge on any atom is 0.141 e. The Kier molecular flexibility index (Phi) is 7.78. The van der Waals surface area contributed by atoms with Gasteiger partial charge in [0.05, 0.1) is 24.5 Å². The lowest BCUT2D eigenvalue weighted by Crippen LogP contribution is -2.41. The van der Waals surface area contributed by atoms with Crippen LogP contribution in [0.15, 0.2) is 18.3 Å². The van der Waals surface area contributed by atoms with Gasteiger partial charge in [-0.1, -0.05) is 13.8 Å². The van der Waals surface area contributed by atoms with Gasteiger partial charge in [0.2, 0.25) is 0 Å². The van der Waals surface area contributed by atoms with Crippen molar-refractivity contribution in [3.63, 3.8) is 0 Å². The number of hydrogen-bond donors (Lipinski definition) is 1. The molecule has 1 rings (SSSR count). The molecule has 5 heteroatoms. The highest BCUT2D eigenvalue weighted by Gasteiger charge is 2.21. The second-order valence-electron chi connectivity index (χ2n) is 5.65. The van der Waals surface area contributed by atoms with Crippen LogP contribution in [0.1, 0.15) is 38.9 Å². The molecule has 120 valence electrons. The molecule has 0 aliphatic heterocycles. The van der Waals surface area contributed by atoms with E-state index < -0.39 is 0 Å². The highest BCUT2D eigenvalue weighted by molar-refractivity contribution is 5.10. The summed E-state index contributed by atoms with van der Waals surface area (Å²) in [7, 11) is 1.71. The first-order valence-electron chi connectivity index (χ1n) is 7.59. The fourth-order valence-electron chi connectivity index (χ4n) is 2.32. The number of ether oxygens (including phenoxy) is 1. The summed E-state index contributed by atoms with van der Waals surface area (Å²) in [5.41, 5.74) is 7.00. The lowest BCUT2D eigenvalue weighted by Gasteiger charge is -2.32. The molecule has 0 saturated heterocycles. The SMILES string of the molecule is CCC(C)N(CCOC)CC(C)C(N)c1ccc(F)cn1. The maximum absolute atomic E-state index is 12.9. The van der Waals surface area contributed by atoms with Gasteiger partial charge in [-0.2, -0.15) is 0 Å². The van der Waals surface area contributed by atoms with Gasteiger partial charge in [0.15, 0.2) is 0 Å². The van der Waals surface area contributed by atoms with Gasteiger partial charge < -0.3 is 10.5 Å². The first-order chi connectivity index (χ1) is 9.99. The number of aromatic nitrogens is 1. The van der Waals surface area contributed by atoms with Crippen molar-refractivity contribution in [2.45, 2.75) is 39.3 Å². The van der Waals surface area contributed by atoms with Crippen molar-refractivity contribution < 1.29 is 9.13 Å². The molecule has 0 bridgehead atoms. The summed E-state index contributed by atoms with van der Waals surface area (Å²) in [6.07, 6.45) is 2.31. The molecule has 0 aromatic carbocycles. The van der Waals surface area contributed by atoms with E-state index in [0.29, 0.717) is 12.6 Å². The zero-order chi connectivity index (χ0) is 15.8. The topological polar surface area (TPSA) is 51.4 Å². The van der Waals surface area contributed by atoms with E-state index in [4.69, 9.17) is 10.5 Å². The smallest absolute Gasteiger partial charge is 0.141 e. The highest BCUT2D eigenvalue weighted by atomic mass is 19.1. The summed E-state index contributed by atoms with van der Waals surface area (Å²) in [5, 5.41) is 0. The van der Waals surface area contributed by atoms with Gasteiger partial charge in [-0.15, -0.1) is 0 Å². The third-order valence-corrected chi connectivity index (χ3v) is 4.02. The molecule has 1 aromatic heterocycles. The predicted octanol–water partition coefficient (Wildman–Crippen LogP) is 2.60. The van der Waals surface area contributed by atoms with Crippen molar-refractivity contribution in [3.8, 4) is 0 Å². The Bertz CT molecular complexity index is 399. The summed E-state index contributed by atoms with van der Waals surface area (Å²) in [6.45, 7) is 8.97.